The summed E-state index contributed by atoms with van der Waals surface area (Å²) in [5, 5.41) is 3.26. The molecule has 2 aromatic rings. The number of nitrogens with zero attached hydrogens (tertiary/aromatic N) is 1. The number of carbonyl (C=O) groups excluding carboxylic acids is 1. The summed E-state index contributed by atoms with van der Waals surface area (Å²) >= 11 is 6.73. The van der Waals surface area contributed by atoms with Crippen LogP contribution in [0.15, 0.2) is 29.6 Å². The van der Waals surface area contributed by atoms with Gasteiger partial charge in [0.15, 0.2) is 10.7 Å². The number of aromatic nitrogens is 1. The fourth-order valence-corrected chi connectivity index (χ4v) is 3.70. The smallest absolute Gasteiger partial charge is 0.357 e. The highest BCUT2D eigenvalue weighted by atomic mass is 32.1. The standard InChI is InChI=1S/C21H27NO3S2/c1-5-24-20(23)17-14-27-19(22-17)16-12-10-15(11-13-16)8-6-7-9-18(26)25-21(2,3)4/h10-14H,5-9H2,1-4H3. The Balaban J connectivity index is 1.82. The Morgan fingerprint density at radius 1 is 1.19 bits per heavy atom. The first-order valence-corrected chi connectivity index (χ1v) is 10.5. The molecule has 0 aliphatic heterocycles. The third-order valence-electron chi connectivity index (χ3n) is 3.71. The zero-order valence-corrected chi connectivity index (χ0v) is 18.0. The van der Waals surface area contributed by atoms with Gasteiger partial charge >= 0.3 is 5.97 Å². The minimum Gasteiger partial charge on any atom is -0.482 e. The Morgan fingerprint density at radius 2 is 1.89 bits per heavy atom. The molecule has 0 bridgehead atoms. The second-order valence-electron chi connectivity index (χ2n) is 7.25. The first kappa shape index (κ1) is 21.5. The van der Waals surface area contributed by atoms with Crippen molar-refractivity contribution in [3.63, 3.8) is 0 Å². The van der Waals surface area contributed by atoms with Crippen LogP contribution in [-0.4, -0.2) is 28.2 Å². The molecular weight excluding hydrogens is 378 g/mol. The van der Waals surface area contributed by atoms with Gasteiger partial charge in [0.05, 0.1) is 6.61 Å². The number of benzene rings is 1. The molecule has 146 valence electrons. The Kier molecular flexibility index (Phi) is 7.92. The number of ether oxygens (including phenoxy) is 2. The van der Waals surface area contributed by atoms with E-state index in [9.17, 15) is 4.79 Å². The van der Waals surface area contributed by atoms with Gasteiger partial charge in [0.25, 0.3) is 0 Å². The second-order valence-corrected chi connectivity index (χ2v) is 8.56. The Bertz CT molecular complexity index is 760. The number of esters is 1. The van der Waals surface area contributed by atoms with Crippen LogP contribution in [0.25, 0.3) is 10.6 Å². The first-order valence-electron chi connectivity index (χ1n) is 9.22. The van der Waals surface area contributed by atoms with Crippen LogP contribution in [0.4, 0.5) is 0 Å². The number of carbonyl (C=O) groups is 1. The van der Waals surface area contributed by atoms with Crippen LogP contribution < -0.4 is 0 Å². The van der Waals surface area contributed by atoms with E-state index in [1.54, 1.807) is 12.3 Å². The molecule has 0 saturated heterocycles. The Morgan fingerprint density at radius 3 is 2.52 bits per heavy atom. The third kappa shape index (κ3) is 7.39. The lowest BCUT2D eigenvalue weighted by atomic mass is 10.1. The van der Waals surface area contributed by atoms with Crippen LogP contribution in [0.5, 0.6) is 0 Å². The van der Waals surface area contributed by atoms with E-state index >= 15 is 0 Å². The van der Waals surface area contributed by atoms with E-state index in [1.807, 2.05) is 20.8 Å². The van der Waals surface area contributed by atoms with Gasteiger partial charge in [0.1, 0.15) is 10.6 Å². The van der Waals surface area contributed by atoms with Crippen molar-refractivity contribution < 1.29 is 14.3 Å². The second kappa shape index (κ2) is 9.95. The molecule has 6 heteroatoms. The molecule has 1 heterocycles. The summed E-state index contributed by atoms with van der Waals surface area (Å²) in [5.74, 6) is -0.370. The van der Waals surface area contributed by atoms with Crippen molar-refractivity contribution >= 4 is 34.6 Å². The number of hydrogen-bond acceptors (Lipinski definition) is 6. The van der Waals surface area contributed by atoms with E-state index in [4.69, 9.17) is 21.7 Å². The SMILES string of the molecule is CCOC(=O)c1csc(-c2ccc(CCCCC(=S)OC(C)(C)C)cc2)n1. The lowest BCUT2D eigenvalue weighted by Crippen LogP contribution is -2.22. The van der Waals surface area contributed by atoms with E-state index < -0.39 is 0 Å². The fourth-order valence-electron chi connectivity index (χ4n) is 2.51. The molecule has 1 aromatic carbocycles. The van der Waals surface area contributed by atoms with Gasteiger partial charge in [0.2, 0.25) is 0 Å². The van der Waals surface area contributed by atoms with E-state index in [0.29, 0.717) is 17.4 Å². The van der Waals surface area contributed by atoms with Crippen LogP contribution >= 0.6 is 23.6 Å². The van der Waals surface area contributed by atoms with Crippen LogP contribution in [0, 0.1) is 0 Å². The summed E-state index contributed by atoms with van der Waals surface area (Å²) in [6.45, 7) is 8.18. The average molecular weight is 406 g/mol. The minimum atomic E-state index is -0.370. The molecule has 0 aliphatic carbocycles. The number of hydrogen-bond donors (Lipinski definition) is 0. The highest BCUT2D eigenvalue weighted by Crippen LogP contribution is 2.25. The normalized spacial score (nSPS) is 11.3. The maximum Gasteiger partial charge on any atom is 0.357 e. The van der Waals surface area contributed by atoms with Crippen LogP contribution in [-0.2, 0) is 15.9 Å². The summed E-state index contributed by atoms with van der Waals surface area (Å²) in [4.78, 5) is 16.1. The molecule has 0 amide bonds. The molecule has 4 nitrogen and oxygen atoms in total. The zero-order valence-electron chi connectivity index (χ0n) is 16.4. The van der Waals surface area contributed by atoms with Gasteiger partial charge in [0, 0.05) is 17.4 Å². The highest BCUT2D eigenvalue weighted by molar-refractivity contribution is 7.80. The predicted octanol–water partition coefficient (Wildman–Crippen LogP) is 5.84. The topological polar surface area (TPSA) is 48.4 Å². The largest absolute Gasteiger partial charge is 0.482 e. The van der Waals surface area contributed by atoms with Gasteiger partial charge in [-0.15, -0.1) is 11.3 Å². The Hall–Kier alpha value is -1.79. The molecule has 0 N–H and O–H groups in total. The van der Waals surface area contributed by atoms with E-state index in [1.165, 1.54) is 16.9 Å². The molecule has 0 spiro atoms. The molecular formula is C21H27NO3S2. The van der Waals surface area contributed by atoms with E-state index in [2.05, 4.69) is 29.2 Å². The molecule has 27 heavy (non-hydrogen) atoms. The minimum absolute atomic E-state index is 0.212. The number of thiazole rings is 1. The predicted molar refractivity (Wildman–Crippen MR) is 114 cm³/mol. The molecule has 0 fully saturated rings. The number of thiocarbonyl (C=S) groups is 1. The summed E-state index contributed by atoms with van der Waals surface area (Å²) in [7, 11) is 0. The molecule has 0 radical (unpaired) electrons. The van der Waals surface area contributed by atoms with Gasteiger partial charge in [-0.3, -0.25) is 0 Å². The summed E-state index contributed by atoms with van der Waals surface area (Å²) in [5.41, 5.74) is 2.45. The van der Waals surface area contributed by atoms with Crippen LogP contribution in [0.2, 0.25) is 0 Å². The maximum atomic E-state index is 11.7. The van der Waals surface area contributed by atoms with Crippen molar-refractivity contribution in [1.29, 1.82) is 0 Å². The van der Waals surface area contributed by atoms with Crippen molar-refractivity contribution in [2.45, 2.75) is 59.0 Å². The molecule has 1 aromatic heterocycles. The number of unbranched alkanes of at least 4 members (excludes halogenated alkanes) is 1. The van der Waals surface area contributed by atoms with Gasteiger partial charge in [-0.25, -0.2) is 9.78 Å². The van der Waals surface area contributed by atoms with Crippen LogP contribution in [0.1, 0.15) is 63.0 Å². The quantitative estimate of drug-likeness (QED) is 0.313. The lowest BCUT2D eigenvalue weighted by molar-refractivity contribution is 0.0520. The van der Waals surface area contributed by atoms with Gasteiger partial charge in [-0.1, -0.05) is 24.3 Å². The van der Waals surface area contributed by atoms with Gasteiger partial charge in [-0.05, 0) is 64.7 Å². The van der Waals surface area contributed by atoms with Gasteiger partial charge < -0.3 is 9.47 Å². The zero-order chi connectivity index (χ0) is 19.9. The molecule has 2 rings (SSSR count). The molecule has 0 aliphatic rings. The fraction of sp³-hybridized carbons (Fsp3) is 0.476. The highest BCUT2D eigenvalue weighted by Gasteiger charge is 2.14. The van der Waals surface area contributed by atoms with E-state index in [-0.39, 0.29) is 11.6 Å². The Labute approximate surface area is 170 Å². The lowest BCUT2D eigenvalue weighted by Gasteiger charge is -2.21. The number of aryl methyl sites for hydroxylation is 1. The molecule has 0 saturated carbocycles. The van der Waals surface area contributed by atoms with Crippen molar-refractivity contribution in [3.8, 4) is 10.6 Å². The summed E-state index contributed by atoms with van der Waals surface area (Å²) < 4.78 is 10.7. The third-order valence-corrected chi connectivity index (χ3v) is 4.88. The van der Waals surface area contributed by atoms with Crippen molar-refractivity contribution in [2.75, 3.05) is 6.61 Å². The van der Waals surface area contributed by atoms with Crippen molar-refractivity contribution in [2.24, 2.45) is 0 Å². The average Bonchev–Trinajstić information content (AvgIpc) is 3.08. The molecule has 0 atom stereocenters. The van der Waals surface area contributed by atoms with E-state index in [0.717, 1.165) is 36.3 Å². The monoisotopic (exact) mass is 405 g/mol. The van der Waals surface area contributed by atoms with Gasteiger partial charge in [-0.2, -0.15) is 0 Å². The van der Waals surface area contributed by atoms with Crippen LogP contribution in [0.3, 0.4) is 0 Å². The summed E-state index contributed by atoms with van der Waals surface area (Å²) in [6.07, 6.45) is 3.91. The number of rotatable bonds is 8. The molecule has 0 unspecified atom stereocenters. The first-order chi connectivity index (χ1) is 12.8. The van der Waals surface area contributed by atoms with Crippen molar-refractivity contribution in [3.05, 3.63) is 40.9 Å². The maximum absolute atomic E-state index is 11.7. The summed E-state index contributed by atoms with van der Waals surface area (Å²) in [6, 6.07) is 8.34. The van der Waals surface area contributed by atoms with Crippen molar-refractivity contribution in [1.82, 2.24) is 4.98 Å².